The van der Waals surface area contributed by atoms with E-state index in [0.717, 1.165) is 25.4 Å². The third-order valence-corrected chi connectivity index (χ3v) is 3.28. The minimum atomic E-state index is 0.243. The molecule has 1 aliphatic heterocycles. The molecule has 2 rings (SSSR count). The molecular formula is C15H22O2. The molecule has 1 atom stereocenters. The fourth-order valence-corrected chi connectivity index (χ4v) is 2.12. The lowest BCUT2D eigenvalue weighted by Crippen LogP contribution is -2.40. The first-order valence-electron chi connectivity index (χ1n) is 6.48. The van der Waals surface area contributed by atoms with Gasteiger partial charge in [-0.1, -0.05) is 39.3 Å². The Balaban J connectivity index is 1.94. The molecule has 1 saturated heterocycles. The summed E-state index contributed by atoms with van der Waals surface area (Å²) in [5.74, 6) is 0.958. The van der Waals surface area contributed by atoms with Crippen molar-refractivity contribution in [3.63, 3.8) is 0 Å². The summed E-state index contributed by atoms with van der Waals surface area (Å²) in [4.78, 5) is 0. The van der Waals surface area contributed by atoms with Crippen LogP contribution in [0.25, 0.3) is 0 Å². The van der Waals surface area contributed by atoms with Crippen molar-refractivity contribution in [3.8, 4) is 5.75 Å². The zero-order valence-corrected chi connectivity index (χ0v) is 11.0. The van der Waals surface area contributed by atoms with E-state index < -0.39 is 0 Å². The summed E-state index contributed by atoms with van der Waals surface area (Å²) < 4.78 is 11.3. The quantitative estimate of drug-likeness (QED) is 0.718. The Morgan fingerprint density at radius 1 is 1.29 bits per heavy atom. The van der Waals surface area contributed by atoms with Gasteiger partial charge in [-0.25, -0.2) is 0 Å². The highest BCUT2D eigenvalue weighted by Crippen LogP contribution is 2.45. The highest BCUT2D eigenvalue weighted by molar-refractivity contribution is 5.30. The summed E-state index contributed by atoms with van der Waals surface area (Å²) in [7, 11) is 0. The second-order valence-corrected chi connectivity index (χ2v) is 5.45. The van der Waals surface area contributed by atoms with E-state index in [2.05, 4.69) is 32.9 Å². The minimum Gasteiger partial charge on any atom is -0.494 e. The van der Waals surface area contributed by atoms with Crippen molar-refractivity contribution in [1.29, 1.82) is 0 Å². The minimum absolute atomic E-state index is 0.243. The highest BCUT2D eigenvalue weighted by atomic mass is 16.5. The van der Waals surface area contributed by atoms with Crippen LogP contribution < -0.4 is 4.74 Å². The predicted octanol–water partition coefficient (Wildman–Crippen LogP) is 3.96. The van der Waals surface area contributed by atoms with E-state index in [1.807, 2.05) is 12.1 Å². The molecule has 2 heteroatoms. The van der Waals surface area contributed by atoms with Crippen LogP contribution in [0.1, 0.15) is 45.3 Å². The first-order valence-corrected chi connectivity index (χ1v) is 6.48. The maximum Gasteiger partial charge on any atom is 0.119 e. The average molecular weight is 234 g/mol. The monoisotopic (exact) mass is 234 g/mol. The number of hydrogen-bond donors (Lipinski definition) is 0. The first-order chi connectivity index (χ1) is 8.13. The average Bonchev–Trinajstić information content (AvgIpc) is 2.30. The Morgan fingerprint density at radius 2 is 2.00 bits per heavy atom. The van der Waals surface area contributed by atoms with Crippen molar-refractivity contribution in [2.45, 2.75) is 39.7 Å². The van der Waals surface area contributed by atoms with Crippen LogP contribution in [-0.2, 0) is 4.74 Å². The summed E-state index contributed by atoms with van der Waals surface area (Å²) in [6.45, 7) is 8.32. The van der Waals surface area contributed by atoms with Gasteiger partial charge < -0.3 is 9.47 Å². The van der Waals surface area contributed by atoms with Gasteiger partial charge in [-0.15, -0.1) is 0 Å². The first kappa shape index (κ1) is 12.4. The molecule has 0 amide bonds. The van der Waals surface area contributed by atoms with E-state index in [1.165, 1.54) is 12.0 Å². The van der Waals surface area contributed by atoms with Gasteiger partial charge in [-0.05, 0) is 24.1 Å². The summed E-state index contributed by atoms with van der Waals surface area (Å²) in [6.07, 6.45) is 2.52. The Morgan fingerprint density at radius 3 is 2.47 bits per heavy atom. The number of rotatable bonds is 5. The Labute approximate surface area is 104 Å². The molecule has 1 aromatic carbocycles. The maximum absolute atomic E-state index is 5.64. The van der Waals surface area contributed by atoms with Crippen LogP contribution >= 0.6 is 0 Å². The molecule has 1 heterocycles. The fraction of sp³-hybridized carbons (Fsp3) is 0.600. The molecule has 0 spiro atoms. The maximum atomic E-state index is 5.64. The third kappa shape index (κ3) is 2.81. The molecule has 0 aromatic heterocycles. The highest BCUT2D eigenvalue weighted by Gasteiger charge is 2.40. The molecule has 1 unspecified atom stereocenters. The smallest absolute Gasteiger partial charge is 0.119 e. The fourth-order valence-electron chi connectivity index (χ4n) is 2.12. The largest absolute Gasteiger partial charge is 0.494 e. The second kappa shape index (κ2) is 5.09. The lowest BCUT2D eigenvalue weighted by Gasteiger charge is -2.44. The molecule has 17 heavy (non-hydrogen) atoms. The number of benzene rings is 1. The Kier molecular flexibility index (Phi) is 3.72. The standard InChI is InChI=1S/C15H22O2/c1-4-5-10-16-13-8-6-12(7-9-13)14-15(2,3)11-17-14/h6-9,14H,4-5,10-11H2,1-3H3. The van der Waals surface area contributed by atoms with E-state index in [4.69, 9.17) is 9.47 Å². The number of ether oxygens (including phenoxy) is 2. The molecular weight excluding hydrogens is 212 g/mol. The molecule has 1 aromatic rings. The van der Waals surface area contributed by atoms with Crippen LogP contribution in [0.2, 0.25) is 0 Å². The van der Waals surface area contributed by atoms with Gasteiger partial charge in [0.05, 0.1) is 19.3 Å². The van der Waals surface area contributed by atoms with Gasteiger partial charge in [0.25, 0.3) is 0 Å². The SMILES string of the molecule is CCCCOc1ccc(C2OCC2(C)C)cc1. The zero-order chi connectivity index (χ0) is 12.3. The van der Waals surface area contributed by atoms with Gasteiger partial charge in [-0.2, -0.15) is 0 Å². The summed E-state index contributed by atoms with van der Waals surface area (Å²) in [5, 5.41) is 0. The third-order valence-electron chi connectivity index (χ3n) is 3.28. The molecule has 0 radical (unpaired) electrons. The van der Waals surface area contributed by atoms with Gasteiger partial charge >= 0.3 is 0 Å². The lowest BCUT2D eigenvalue weighted by atomic mass is 9.79. The molecule has 0 aliphatic carbocycles. The molecule has 94 valence electrons. The van der Waals surface area contributed by atoms with Crippen LogP contribution in [0.3, 0.4) is 0 Å². The topological polar surface area (TPSA) is 18.5 Å². The number of hydrogen-bond acceptors (Lipinski definition) is 2. The molecule has 1 aliphatic rings. The van der Waals surface area contributed by atoms with E-state index in [0.29, 0.717) is 0 Å². The van der Waals surface area contributed by atoms with Crippen molar-refractivity contribution in [3.05, 3.63) is 29.8 Å². The van der Waals surface area contributed by atoms with Gasteiger partial charge in [0.2, 0.25) is 0 Å². The molecule has 0 saturated carbocycles. The number of unbranched alkanes of at least 4 members (excludes halogenated alkanes) is 1. The van der Waals surface area contributed by atoms with Crippen molar-refractivity contribution >= 4 is 0 Å². The van der Waals surface area contributed by atoms with E-state index in [9.17, 15) is 0 Å². The molecule has 2 nitrogen and oxygen atoms in total. The van der Waals surface area contributed by atoms with Crippen LogP contribution in [0.4, 0.5) is 0 Å². The summed E-state index contributed by atoms with van der Waals surface area (Å²) in [5.41, 5.74) is 1.52. The van der Waals surface area contributed by atoms with Crippen molar-refractivity contribution in [1.82, 2.24) is 0 Å². The van der Waals surface area contributed by atoms with Gasteiger partial charge in [0.15, 0.2) is 0 Å². The zero-order valence-electron chi connectivity index (χ0n) is 11.0. The van der Waals surface area contributed by atoms with Crippen molar-refractivity contribution in [2.24, 2.45) is 5.41 Å². The van der Waals surface area contributed by atoms with Crippen LogP contribution in [0, 0.1) is 5.41 Å². The molecule has 1 fully saturated rings. The molecule has 0 N–H and O–H groups in total. The van der Waals surface area contributed by atoms with E-state index >= 15 is 0 Å². The van der Waals surface area contributed by atoms with E-state index in [-0.39, 0.29) is 11.5 Å². The normalized spacial score (nSPS) is 21.9. The van der Waals surface area contributed by atoms with Crippen LogP contribution in [0.5, 0.6) is 5.75 Å². The predicted molar refractivity (Wildman–Crippen MR) is 69.3 cm³/mol. The second-order valence-electron chi connectivity index (χ2n) is 5.45. The Bertz CT molecular complexity index is 354. The summed E-state index contributed by atoms with van der Waals surface area (Å²) >= 11 is 0. The van der Waals surface area contributed by atoms with E-state index in [1.54, 1.807) is 0 Å². The molecule has 0 bridgehead atoms. The van der Waals surface area contributed by atoms with Crippen molar-refractivity contribution in [2.75, 3.05) is 13.2 Å². The Hall–Kier alpha value is -1.02. The van der Waals surface area contributed by atoms with Gasteiger partial charge in [-0.3, -0.25) is 0 Å². The van der Waals surface area contributed by atoms with Crippen molar-refractivity contribution < 1.29 is 9.47 Å². The van der Waals surface area contributed by atoms with Gasteiger partial charge in [0.1, 0.15) is 5.75 Å². The van der Waals surface area contributed by atoms with Crippen LogP contribution in [0.15, 0.2) is 24.3 Å². The van der Waals surface area contributed by atoms with Crippen LogP contribution in [-0.4, -0.2) is 13.2 Å². The lowest BCUT2D eigenvalue weighted by molar-refractivity contribution is -0.172. The van der Waals surface area contributed by atoms with Gasteiger partial charge in [0, 0.05) is 5.41 Å². The summed E-state index contributed by atoms with van der Waals surface area (Å²) in [6, 6.07) is 8.32.